The van der Waals surface area contributed by atoms with Gasteiger partial charge in [0.2, 0.25) is 0 Å². The molecule has 0 bridgehead atoms. The van der Waals surface area contributed by atoms with E-state index in [2.05, 4.69) is 27.4 Å². The van der Waals surface area contributed by atoms with Gasteiger partial charge in [0.15, 0.2) is 5.78 Å². The average molecular weight is 343 g/mol. The quantitative estimate of drug-likeness (QED) is 0.699. The number of rotatable bonds is 2. The van der Waals surface area contributed by atoms with E-state index in [1.54, 1.807) is 0 Å². The van der Waals surface area contributed by atoms with Crippen molar-refractivity contribution in [1.29, 1.82) is 0 Å². The van der Waals surface area contributed by atoms with Gasteiger partial charge in [-0.15, -0.1) is 6.58 Å². The van der Waals surface area contributed by atoms with E-state index in [1.165, 1.54) is 18.4 Å². The Morgan fingerprint density at radius 3 is 2.60 bits per heavy atom. The molecule has 4 aliphatic rings. The summed E-state index contributed by atoms with van der Waals surface area (Å²) in [7, 11) is 0. The molecule has 0 spiro atoms. The predicted octanol–water partition coefficient (Wildman–Crippen LogP) is 5.22. The molecule has 0 aromatic heterocycles. The number of hydrogen-bond acceptors (Lipinski definition) is 2. The van der Waals surface area contributed by atoms with Gasteiger partial charge in [-0.05, 0) is 93.0 Å². The molecule has 4 aliphatic carbocycles. The molecule has 1 N–H and O–H groups in total. The maximum Gasteiger partial charge on any atom is 0.155 e. The zero-order valence-electron chi connectivity index (χ0n) is 16.2. The van der Waals surface area contributed by atoms with Gasteiger partial charge in [0, 0.05) is 6.42 Å². The van der Waals surface area contributed by atoms with Crippen LogP contribution in [0.1, 0.15) is 78.6 Å². The molecule has 0 aliphatic heterocycles. The minimum Gasteiger partial charge on any atom is -0.389 e. The molecule has 25 heavy (non-hydrogen) atoms. The third kappa shape index (κ3) is 2.36. The Morgan fingerprint density at radius 2 is 1.88 bits per heavy atom. The van der Waals surface area contributed by atoms with Crippen LogP contribution in [0.5, 0.6) is 0 Å². The number of ketones is 1. The van der Waals surface area contributed by atoms with E-state index >= 15 is 0 Å². The van der Waals surface area contributed by atoms with E-state index in [0.29, 0.717) is 23.5 Å². The van der Waals surface area contributed by atoms with Crippen LogP contribution in [0.25, 0.3) is 0 Å². The number of allylic oxidation sites excluding steroid dienone is 1. The normalized spacial score (nSPS) is 49.0. The summed E-state index contributed by atoms with van der Waals surface area (Å²) in [6, 6.07) is 0. The molecular formula is C23H34O2. The molecule has 3 fully saturated rings. The zero-order chi connectivity index (χ0) is 18.0. The summed E-state index contributed by atoms with van der Waals surface area (Å²) in [6.07, 6.45) is 11.2. The largest absolute Gasteiger partial charge is 0.389 e. The second-order valence-corrected chi connectivity index (χ2v) is 10.1. The highest BCUT2D eigenvalue weighted by Crippen LogP contribution is 2.68. The van der Waals surface area contributed by atoms with Gasteiger partial charge in [0.25, 0.3) is 0 Å². The molecule has 0 heterocycles. The van der Waals surface area contributed by atoms with Crippen LogP contribution in [0, 0.1) is 28.6 Å². The van der Waals surface area contributed by atoms with Crippen LogP contribution >= 0.6 is 0 Å². The summed E-state index contributed by atoms with van der Waals surface area (Å²) in [5, 5.41) is 11.5. The van der Waals surface area contributed by atoms with Crippen molar-refractivity contribution >= 4 is 5.78 Å². The van der Waals surface area contributed by atoms with Crippen LogP contribution in [0.2, 0.25) is 0 Å². The second-order valence-electron chi connectivity index (χ2n) is 10.1. The molecule has 4 rings (SSSR count). The Labute approximate surface area is 152 Å². The summed E-state index contributed by atoms with van der Waals surface area (Å²) in [5.41, 5.74) is 2.25. The molecular weight excluding hydrogens is 308 g/mol. The number of carbonyl (C=O) groups excluding carboxylic acids is 1. The third-order valence-electron chi connectivity index (χ3n) is 8.88. The van der Waals surface area contributed by atoms with Crippen molar-refractivity contribution in [1.82, 2.24) is 0 Å². The molecule has 2 heteroatoms. The standard InChI is InChI=1S/C23H34O2/c1-15(2)14-23(25)12-9-20-18-6-5-16-13-17(24)7-10-21(16,3)19(18)8-11-22(20,23)4/h13,18-20,25H,1,5-12,14H2,2-4H3/t18-,19-,20+,21-,22+,23+/m1/s1. The molecule has 0 amide bonds. The van der Waals surface area contributed by atoms with E-state index in [0.717, 1.165) is 50.5 Å². The Bertz CT molecular complexity index is 646. The second kappa shape index (κ2) is 5.55. The lowest BCUT2D eigenvalue weighted by Crippen LogP contribution is -2.54. The fourth-order valence-corrected chi connectivity index (χ4v) is 7.46. The molecule has 3 saturated carbocycles. The topological polar surface area (TPSA) is 37.3 Å². The summed E-state index contributed by atoms with van der Waals surface area (Å²) in [4.78, 5) is 11.9. The van der Waals surface area contributed by atoms with Gasteiger partial charge in [-0.1, -0.05) is 25.0 Å². The van der Waals surface area contributed by atoms with Gasteiger partial charge in [-0.3, -0.25) is 4.79 Å². The van der Waals surface area contributed by atoms with E-state index < -0.39 is 5.60 Å². The van der Waals surface area contributed by atoms with Crippen molar-refractivity contribution in [3.63, 3.8) is 0 Å². The van der Waals surface area contributed by atoms with E-state index in [4.69, 9.17) is 0 Å². The molecule has 138 valence electrons. The van der Waals surface area contributed by atoms with Crippen LogP contribution < -0.4 is 0 Å². The monoisotopic (exact) mass is 342 g/mol. The van der Waals surface area contributed by atoms with E-state index in [9.17, 15) is 9.90 Å². The van der Waals surface area contributed by atoms with Crippen molar-refractivity contribution in [3.8, 4) is 0 Å². The summed E-state index contributed by atoms with van der Waals surface area (Å²) in [5.74, 6) is 2.38. The first-order valence-electron chi connectivity index (χ1n) is 10.3. The van der Waals surface area contributed by atoms with Gasteiger partial charge in [0.05, 0.1) is 5.60 Å². The first-order chi connectivity index (χ1) is 11.7. The lowest BCUT2D eigenvalue weighted by molar-refractivity contribution is -0.129. The Balaban J connectivity index is 1.66. The fraction of sp³-hybridized carbons (Fsp3) is 0.783. The zero-order valence-corrected chi connectivity index (χ0v) is 16.2. The van der Waals surface area contributed by atoms with Crippen LogP contribution in [0.4, 0.5) is 0 Å². The van der Waals surface area contributed by atoms with Crippen molar-refractivity contribution in [2.24, 2.45) is 28.6 Å². The first-order valence-corrected chi connectivity index (χ1v) is 10.3. The highest BCUT2D eigenvalue weighted by atomic mass is 16.3. The van der Waals surface area contributed by atoms with Crippen LogP contribution in [0.3, 0.4) is 0 Å². The van der Waals surface area contributed by atoms with Crippen LogP contribution in [-0.4, -0.2) is 16.5 Å². The minimum atomic E-state index is -0.561. The minimum absolute atomic E-state index is 0.0369. The number of fused-ring (bicyclic) bond motifs is 5. The van der Waals surface area contributed by atoms with Crippen molar-refractivity contribution < 1.29 is 9.90 Å². The molecule has 0 aromatic rings. The SMILES string of the molecule is C=C(C)C[C@@]1(O)CC[C@H]2[C@@H]3CCC4=CC(=O)CC[C@@]4(C)[C@@H]3CC[C@@]21C. The third-order valence-corrected chi connectivity index (χ3v) is 8.88. The van der Waals surface area contributed by atoms with E-state index in [-0.39, 0.29) is 10.8 Å². The Hall–Kier alpha value is -0.890. The van der Waals surface area contributed by atoms with Crippen molar-refractivity contribution in [2.45, 2.75) is 84.2 Å². The highest BCUT2D eigenvalue weighted by molar-refractivity contribution is 5.91. The maximum absolute atomic E-state index is 11.9. The van der Waals surface area contributed by atoms with E-state index in [1.807, 2.05) is 6.08 Å². The van der Waals surface area contributed by atoms with Gasteiger partial charge in [0.1, 0.15) is 0 Å². The Morgan fingerprint density at radius 1 is 1.16 bits per heavy atom. The molecule has 0 aromatic carbocycles. The summed E-state index contributed by atoms with van der Waals surface area (Å²) in [6.45, 7) is 10.9. The molecule has 0 saturated heterocycles. The smallest absolute Gasteiger partial charge is 0.155 e. The van der Waals surface area contributed by atoms with Gasteiger partial charge in [-0.25, -0.2) is 0 Å². The first kappa shape index (κ1) is 17.5. The maximum atomic E-state index is 11.9. The molecule has 2 nitrogen and oxygen atoms in total. The van der Waals surface area contributed by atoms with Gasteiger partial charge < -0.3 is 5.11 Å². The molecule has 6 atom stereocenters. The summed E-state index contributed by atoms with van der Waals surface area (Å²) < 4.78 is 0. The molecule has 0 unspecified atom stereocenters. The highest BCUT2D eigenvalue weighted by Gasteiger charge is 2.63. The van der Waals surface area contributed by atoms with Crippen LogP contribution in [-0.2, 0) is 4.79 Å². The van der Waals surface area contributed by atoms with Gasteiger partial charge >= 0.3 is 0 Å². The molecule has 0 radical (unpaired) electrons. The lowest BCUT2D eigenvalue weighted by atomic mass is 9.46. The predicted molar refractivity (Wildman–Crippen MR) is 101 cm³/mol. The fourth-order valence-electron chi connectivity index (χ4n) is 7.46. The number of carbonyl (C=O) groups is 1. The van der Waals surface area contributed by atoms with Gasteiger partial charge in [-0.2, -0.15) is 0 Å². The summed E-state index contributed by atoms with van der Waals surface area (Å²) >= 11 is 0. The van der Waals surface area contributed by atoms with Crippen molar-refractivity contribution in [2.75, 3.05) is 0 Å². The van der Waals surface area contributed by atoms with Crippen molar-refractivity contribution in [3.05, 3.63) is 23.8 Å². The van der Waals surface area contributed by atoms with Crippen LogP contribution in [0.15, 0.2) is 23.8 Å². The lowest BCUT2D eigenvalue weighted by Gasteiger charge is -2.59. The average Bonchev–Trinajstić information content (AvgIpc) is 2.79. The number of hydrogen-bond donors (Lipinski definition) is 1. The Kier molecular flexibility index (Phi) is 3.89. The number of aliphatic hydroxyl groups is 1.